The molecule has 129 valence electrons. The highest BCUT2D eigenvalue weighted by atomic mass is 79.9. The zero-order chi connectivity index (χ0) is 17.9. The van der Waals surface area contributed by atoms with E-state index in [0.29, 0.717) is 6.04 Å². The van der Waals surface area contributed by atoms with Gasteiger partial charge >= 0.3 is 15.1 Å². The number of rotatable bonds is 4. The van der Waals surface area contributed by atoms with E-state index in [1.54, 1.807) is 20.8 Å². The third-order valence-electron chi connectivity index (χ3n) is 3.20. The van der Waals surface area contributed by atoms with Gasteiger partial charge in [-0.3, -0.25) is 4.79 Å². The Bertz CT molecular complexity index is 754. The van der Waals surface area contributed by atoms with Crippen LogP contribution in [0.3, 0.4) is 0 Å². The zero-order valence-electron chi connectivity index (χ0n) is 14.0. The Morgan fingerprint density at radius 2 is 2.04 bits per heavy atom. The first kappa shape index (κ1) is 18.5. The molecule has 1 aromatic carbocycles. The summed E-state index contributed by atoms with van der Waals surface area (Å²) in [5.74, 6) is 0. The quantitative estimate of drug-likeness (QED) is 0.747. The van der Waals surface area contributed by atoms with E-state index in [-0.39, 0.29) is 0 Å². The number of fused-ring (bicyclic) bond motifs is 1. The normalized spacial score (nSPS) is 11.6. The van der Waals surface area contributed by atoms with E-state index < -0.39 is 26.2 Å². The maximum absolute atomic E-state index is 12.1. The van der Waals surface area contributed by atoms with E-state index in [1.807, 2.05) is 24.4 Å². The number of carbonyl (C=O) groups excluding carboxylic acids is 2. The molecule has 0 spiro atoms. The number of H-pyrrole nitrogens is 1. The summed E-state index contributed by atoms with van der Waals surface area (Å²) in [6.45, 7) is 5.32. The first-order chi connectivity index (χ1) is 11.2. The molecule has 0 bridgehead atoms. The number of para-hydroxylation sites is 1. The van der Waals surface area contributed by atoms with Crippen LogP contribution in [0.25, 0.3) is 10.9 Å². The van der Waals surface area contributed by atoms with Crippen molar-refractivity contribution in [3.8, 4) is 0 Å². The van der Waals surface area contributed by atoms with E-state index >= 15 is 0 Å². The fraction of sp³-hybridized carbons (Fsp3) is 0.375. The Morgan fingerprint density at radius 3 is 2.67 bits per heavy atom. The summed E-state index contributed by atoms with van der Waals surface area (Å²) < 4.78 is 11.0. The van der Waals surface area contributed by atoms with Gasteiger partial charge in [0.25, 0.3) is 5.59 Å². The topological polar surface area (TPSA) is 80.4 Å². The molecule has 2 aromatic rings. The lowest BCUT2D eigenvalue weighted by molar-refractivity contribution is 0.0565. The van der Waals surface area contributed by atoms with Crippen molar-refractivity contribution in [3.63, 3.8) is 0 Å². The van der Waals surface area contributed by atoms with E-state index in [9.17, 15) is 9.59 Å². The SMILES string of the molecule is COC(=O)[Si](Cc1c[nH]c2c(Br)cccc12)NC(=O)OC(C)(C)C. The van der Waals surface area contributed by atoms with Crippen LogP contribution in [0, 0.1) is 0 Å². The van der Waals surface area contributed by atoms with Gasteiger partial charge in [0, 0.05) is 16.1 Å². The number of hydrogen-bond donors (Lipinski definition) is 2. The number of halogens is 1. The second-order valence-corrected chi connectivity index (χ2v) is 9.07. The fourth-order valence-corrected chi connectivity index (χ4v) is 4.26. The average molecular weight is 412 g/mol. The van der Waals surface area contributed by atoms with Gasteiger partial charge in [-0.25, -0.2) is 4.79 Å². The van der Waals surface area contributed by atoms with Crippen LogP contribution in [-0.4, -0.2) is 38.3 Å². The highest BCUT2D eigenvalue weighted by molar-refractivity contribution is 9.10. The van der Waals surface area contributed by atoms with Gasteiger partial charge in [-0.15, -0.1) is 0 Å². The Hall–Kier alpha value is -1.80. The summed E-state index contributed by atoms with van der Waals surface area (Å²) in [6, 6.07) is 6.23. The van der Waals surface area contributed by atoms with Gasteiger partial charge in [-0.1, -0.05) is 12.1 Å². The molecule has 6 nitrogen and oxygen atoms in total. The predicted octanol–water partition coefficient (Wildman–Crippen LogP) is 3.88. The van der Waals surface area contributed by atoms with Crippen LogP contribution in [0.1, 0.15) is 26.3 Å². The van der Waals surface area contributed by atoms with Crippen molar-refractivity contribution in [1.82, 2.24) is 9.97 Å². The molecule has 0 fully saturated rings. The summed E-state index contributed by atoms with van der Waals surface area (Å²) in [6.07, 6.45) is 1.24. The number of aromatic amines is 1. The monoisotopic (exact) mass is 411 g/mol. The maximum atomic E-state index is 12.1. The van der Waals surface area contributed by atoms with Crippen molar-refractivity contribution in [1.29, 1.82) is 0 Å². The third kappa shape index (κ3) is 4.61. The number of ether oxygens (including phenoxy) is 2. The van der Waals surface area contributed by atoms with Crippen LogP contribution in [-0.2, 0) is 15.5 Å². The zero-order valence-corrected chi connectivity index (χ0v) is 16.6. The fourth-order valence-electron chi connectivity index (χ4n) is 2.23. The molecule has 1 amide bonds. The van der Waals surface area contributed by atoms with Crippen molar-refractivity contribution >= 4 is 47.5 Å². The highest BCUT2D eigenvalue weighted by Gasteiger charge is 2.29. The Labute approximate surface area is 150 Å². The van der Waals surface area contributed by atoms with Gasteiger partial charge < -0.3 is 19.4 Å². The molecule has 0 saturated carbocycles. The lowest BCUT2D eigenvalue weighted by Crippen LogP contribution is -2.49. The minimum absolute atomic E-state index is 0.396. The van der Waals surface area contributed by atoms with Crippen molar-refractivity contribution in [3.05, 3.63) is 34.4 Å². The predicted molar refractivity (Wildman–Crippen MR) is 97.2 cm³/mol. The van der Waals surface area contributed by atoms with Crippen LogP contribution in [0.5, 0.6) is 0 Å². The van der Waals surface area contributed by atoms with E-state index in [4.69, 9.17) is 9.47 Å². The molecule has 2 rings (SSSR count). The molecule has 0 atom stereocenters. The second-order valence-electron chi connectivity index (χ2n) is 6.25. The second kappa shape index (κ2) is 7.39. The highest BCUT2D eigenvalue weighted by Crippen LogP contribution is 2.26. The molecule has 2 N–H and O–H groups in total. The first-order valence-corrected chi connectivity index (χ1v) is 9.90. The van der Waals surface area contributed by atoms with Crippen LogP contribution < -0.4 is 4.98 Å². The van der Waals surface area contributed by atoms with Gasteiger partial charge in [0.2, 0.25) is 0 Å². The van der Waals surface area contributed by atoms with Crippen LogP contribution in [0.2, 0.25) is 0 Å². The van der Waals surface area contributed by atoms with Crippen molar-refractivity contribution in [2.24, 2.45) is 0 Å². The summed E-state index contributed by atoms with van der Waals surface area (Å²) in [7, 11) is -0.675. The van der Waals surface area contributed by atoms with Crippen molar-refractivity contribution in [2.45, 2.75) is 32.4 Å². The molecule has 1 heterocycles. The average Bonchev–Trinajstić information content (AvgIpc) is 2.88. The van der Waals surface area contributed by atoms with E-state index in [0.717, 1.165) is 20.9 Å². The lowest BCUT2D eigenvalue weighted by atomic mass is 10.2. The lowest BCUT2D eigenvalue weighted by Gasteiger charge is -2.21. The van der Waals surface area contributed by atoms with Crippen LogP contribution in [0.15, 0.2) is 28.9 Å². The molecule has 1 aromatic heterocycles. The van der Waals surface area contributed by atoms with E-state index in [1.165, 1.54) is 7.11 Å². The Morgan fingerprint density at radius 1 is 1.33 bits per heavy atom. The van der Waals surface area contributed by atoms with Gasteiger partial charge in [0.1, 0.15) is 5.60 Å². The van der Waals surface area contributed by atoms with Crippen LogP contribution >= 0.6 is 15.9 Å². The molecule has 0 unspecified atom stereocenters. The smallest absolute Gasteiger partial charge is 0.400 e. The molecule has 0 aliphatic heterocycles. The number of benzene rings is 1. The van der Waals surface area contributed by atoms with Gasteiger partial charge in [0.15, 0.2) is 0 Å². The molecular weight excluding hydrogens is 392 g/mol. The summed E-state index contributed by atoms with van der Waals surface area (Å²) in [5.41, 5.74) is 0.853. The molecule has 0 saturated heterocycles. The number of methoxy groups -OCH3 is 1. The minimum Gasteiger partial charge on any atom is -0.472 e. The molecule has 24 heavy (non-hydrogen) atoms. The number of aromatic nitrogens is 1. The number of amides is 1. The molecule has 1 radical (unpaired) electrons. The first-order valence-electron chi connectivity index (χ1n) is 7.40. The van der Waals surface area contributed by atoms with Gasteiger partial charge in [-0.05, 0) is 54.4 Å². The molecular formula is C16H20BrN2O4Si. The van der Waals surface area contributed by atoms with Crippen molar-refractivity contribution in [2.75, 3.05) is 7.11 Å². The molecule has 8 heteroatoms. The Balaban J connectivity index is 2.21. The molecule has 0 aliphatic rings. The number of carbonyl (C=O) groups is 2. The summed E-state index contributed by atoms with van der Waals surface area (Å²) in [4.78, 5) is 29.9. The maximum Gasteiger partial charge on any atom is 0.400 e. The van der Waals surface area contributed by atoms with Crippen molar-refractivity contribution < 1.29 is 19.1 Å². The largest absolute Gasteiger partial charge is 0.472 e. The number of nitrogens with one attached hydrogen (secondary N) is 2. The number of hydrogen-bond acceptors (Lipinski definition) is 4. The van der Waals surface area contributed by atoms with Gasteiger partial charge in [-0.2, -0.15) is 0 Å². The molecule has 0 aliphatic carbocycles. The third-order valence-corrected chi connectivity index (χ3v) is 5.80. The summed E-state index contributed by atoms with van der Waals surface area (Å²) >= 11 is 3.49. The van der Waals surface area contributed by atoms with E-state index in [2.05, 4.69) is 25.9 Å². The Kier molecular flexibility index (Phi) is 5.71. The standard InChI is InChI=1S/C16H20BrN2O4Si/c1-16(2,3)23-14(20)19-24(15(21)22-4)9-10-8-18-13-11(10)6-5-7-12(13)17/h5-8,18H,9H2,1-4H3,(H,19,20). The minimum atomic E-state index is -1.99. The summed E-state index contributed by atoms with van der Waals surface area (Å²) in [5, 5.41) is 1.00. The van der Waals surface area contributed by atoms with Crippen LogP contribution in [0.4, 0.5) is 9.59 Å². The van der Waals surface area contributed by atoms with Gasteiger partial charge in [0.05, 0.1) is 12.6 Å².